The van der Waals surface area contributed by atoms with Crippen molar-refractivity contribution in [3.63, 3.8) is 0 Å². The fourth-order valence-electron chi connectivity index (χ4n) is 17.6. The molecule has 714 valence electrons. The van der Waals surface area contributed by atoms with Crippen LogP contribution in [0.25, 0.3) is 21.8 Å². The molecule has 2 aromatic carbocycles. The monoisotopic (exact) mass is 1880 g/mol. The highest BCUT2D eigenvalue weighted by Crippen LogP contribution is 2.57. The van der Waals surface area contributed by atoms with Gasteiger partial charge in [-0.3, -0.25) is 91.1 Å². The minimum atomic E-state index is -1.94. The van der Waals surface area contributed by atoms with E-state index in [2.05, 4.69) is 68.5 Å². The number of aliphatic carboxylic acids is 1. The largest absolute Gasteiger partial charge is 0.481 e. The Balaban J connectivity index is 0.982. The van der Waals surface area contributed by atoms with E-state index in [-0.39, 0.29) is 156 Å². The molecule has 41 nitrogen and oxygen atoms in total. The third kappa shape index (κ3) is 26.1. The topological polar surface area (TPSA) is 597 Å². The lowest BCUT2D eigenvalue weighted by molar-refractivity contribution is -0.143. The number of rotatable bonds is 19. The number of aliphatic hydroxyl groups is 1. The second-order valence-electron chi connectivity index (χ2n) is 35.3. The van der Waals surface area contributed by atoms with Crippen molar-refractivity contribution in [2.75, 3.05) is 107 Å². The number of nitrogens with one attached hydrogen (secondary N) is 13. The maximum absolute atomic E-state index is 15.4. The van der Waals surface area contributed by atoms with E-state index >= 15 is 9.59 Å². The fourth-order valence-corrected chi connectivity index (χ4v) is 20.5. The number of carbonyl (C=O) groups excluding carboxylic acids is 18. The highest BCUT2D eigenvalue weighted by molar-refractivity contribution is 7.99. The van der Waals surface area contributed by atoms with Crippen molar-refractivity contribution in [2.24, 2.45) is 40.1 Å². The van der Waals surface area contributed by atoms with Crippen LogP contribution in [0.1, 0.15) is 117 Å². The number of carbonyl (C=O) groups is 19. The van der Waals surface area contributed by atoms with Crippen LogP contribution in [-0.4, -0.2) is 336 Å². The number of nitrogens with two attached hydrogens (primary N) is 2. The number of hydrogen-bond acceptors (Lipinski definition) is 24. The van der Waals surface area contributed by atoms with Crippen molar-refractivity contribution in [1.82, 2.24) is 93.0 Å². The lowest BCUT2D eigenvalue weighted by Gasteiger charge is -2.32. The van der Waals surface area contributed by atoms with Crippen LogP contribution >= 0.6 is 35.3 Å². The molecule has 2 aromatic heterocycles. The van der Waals surface area contributed by atoms with E-state index in [9.17, 15) is 91.7 Å². The second-order valence-corrected chi connectivity index (χ2v) is 38.7. The van der Waals surface area contributed by atoms with Crippen LogP contribution in [0.15, 0.2) is 60.9 Å². The summed E-state index contributed by atoms with van der Waals surface area (Å²) in [6.07, 6.45) is -0.623. The van der Waals surface area contributed by atoms with Crippen molar-refractivity contribution in [1.29, 1.82) is 0 Å². The Morgan fingerprint density at radius 1 is 0.557 bits per heavy atom. The van der Waals surface area contributed by atoms with Gasteiger partial charge in [0.15, 0.2) is 5.78 Å². The summed E-state index contributed by atoms with van der Waals surface area (Å²) in [5.74, 6) is -18.9. The van der Waals surface area contributed by atoms with Gasteiger partial charge in [-0.05, 0) is 68.2 Å². The average molecular weight is 1880 g/mol. The summed E-state index contributed by atoms with van der Waals surface area (Å²) in [6, 6.07) is -2.60. The number of ketones is 1. The first-order chi connectivity index (χ1) is 62.2. The maximum Gasteiger partial charge on any atom is 0.305 e. The van der Waals surface area contributed by atoms with Crippen LogP contribution in [0, 0.1) is 28.6 Å². The van der Waals surface area contributed by atoms with Gasteiger partial charge in [-0.2, -0.15) is 35.3 Å². The summed E-state index contributed by atoms with van der Waals surface area (Å²) < 4.78 is 0. The number of likely N-dealkylation sites (N-methyl/N-ethyl adjacent to an activating group) is 1. The molecular weight excluding hydrogens is 1760 g/mol. The SMILES string of the molecule is CC[C@@H]1NC(=O)[C@H]([C@@H](C)O)NC(=O)[C@@H](CC(=O)[C@H](C)NC(=O)CN(C)C(=O)CCN)CSCCC(=O)N2CC34CN5C[C@@]3(C2)CN(C4)C(=O)CCSC[C@H](NC1=O)C(=O)N[C@@H](Cc1c[nH]c2ccccc12)C(=O)N[C@@H](C(C)C)C(=O)N[C@@H](CC(=O)O)C(=O)NCC(=O)N[C@@H](Cc1c[nH]c2ccccc12)C(=O)N[C@@H](C(C)C)C(=O)N1CCC[C@H]1C(=O)N[C@H](C(N)=O)CSCCC5=O. The summed E-state index contributed by atoms with van der Waals surface area (Å²) in [5.41, 5.74) is 12.0. The fraction of sp³-hybridized carbons (Fsp3) is 0.598. The number of amides is 17. The van der Waals surface area contributed by atoms with Gasteiger partial charge in [-0.1, -0.05) is 71.0 Å². The van der Waals surface area contributed by atoms with Gasteiger partial charge in [-0.25, -0.2) is 0 Å². The Morgan fingerprint density at radius 2 is 1.05 bits per heavy atom. The molecule has 0 saturated carbocycles. The van der Waals surface area contributed by atoms with Gasteiger partial charge in [0.2, 0.25) is 100 Å². The number of hydrogen-bond donors (Lipinski definition) is 17. The first-order valence-electron chi connectivity index (χ1n) is 44.2. The number of thioether (sulfide) groups is 3. The number of nitrogens with zero attached hydrogens (tertiary/aromatic N) is 5. The standard InChI is InChI=1S/C87H122N20O21S3/c1-9-55-78(121)99-62-39-131-28-23-70(115)106-44-86-40-104(68(113)21-26-129-37-52(76(119)102-74(49(7)108)84(127)95-55)31-64(109)48(6)93-66(111)36-103(8)67(112)20-24-88)41-87(86,45-106)43-105(42-86)69(114)22-27-130-38-61(75(89)118)98-82(125)63-19-14-25-107(63)85(128)73(47(4)5)101-79(122)58(29-50-33-90-56-17-12-10-15-53(50)56)94-65(110)35-92-77(120)60(32-71(116)117)97-83(126)72(46(2)3)100-80(123)59(96-81(62)124)30-51-34-91-57-18-13-11-16-54(51)57/h10-13,15-18,33-34,46-49,52,55,58-63,72-74,90-91,108H,9,14,19-32,35-45,88H2,1-8H3,(H2,89,118)(H,92,120)(H,93,111)(H,94,110)(H,95,127)(H,96,124)(H,97,126)(H,98,125)(H,99,121)(H,100,123)(H,101,122)(H,102,119)(H,116,117)/t48-,49+,52-,55-,58-,59-,60-,61-,62-,63-,72-,73-,74-,86-,87?/m0/s1. The lowest BCUT2D eigenvalue weighted by Crippen LogP contribution is -2.61. The van der Waals surface area contributed by atoms with E-state index in [1.54, 1.807) is 89.5 Å². The number of primary amides is 1. The Morgan fingerprint density at radius 3 is 1.56 bits per heavy atom. The molecule has 19 N–H and O–H groups in total. The van der Waals surface area contributed by atoms with Crippen molar-refractivity contribution in [3.8, 4) is 0 Å². The predicted molar refractivity (Wildman–Crippen MR) is 485 cm³/mol. The number of carboxylic acids is 1. The summed E-state index contributed by atoms with van der Waals surface area (Å²) in [4.78, 5) is 286. The average Bonchev–Trinajstić information content (AvgIpc) is 1.52. The number of aliphatic hydroxyl groups excluding tert-OH is 1. The number of carboxylic acid groups (broad SMARTS) is 1. The van der Waals surface area contributed by atoms with Gasteiger partial charge < -0.3 is 115 Å². The first kappa shape index (κ1) is 102. The van der Waals surface area contributed by atoms with Crippen LogP contribution in [0.2, 0.25) is 0 Å². The third-order valence-electron chi connectivity index (χ3n) is 24.9. The van der Waals surface area contributed by atoms with Crippen LogP contribution in [0.3, 0.4) is 0 Å². The molecule has 44 heteroatoms. The Hall–Kier alpha value is -11.4. The van der Waals surface area contributed by atoms with Crippen molar-refractivity contribution in [3.05, 3.63) is 72.1 Å². The number of Topliss-reactive ketones (excluding diaryl/α,β-unsaturated/α-hetero) is 1. The number of benzene rings is 2. The summed E-state index contributed by atoms with van der Waals surface area (Å²) in [6.45, 7) is 9.79. The highest BCUT2D eigenvalue weighted by atomic mass is 32.2. The van der Waals surface area contributed by atoms with Crippen molar-refractivity contribution in [2.45, 2.75) is 192 Å². The van der Waals surface area contributed by atoms with Crippen LogP contribution in [0.5, 0.6) is 0 Å². The molecule has 6 bridgehead atoms. The smallest absolute Gasteiger partial charge is 0.305 e. The molecule has 12 rings (SSSR count). The molecule has 0 aliphatic carbocycles. The first-order valence-corrected chi connectivity index (χ1v) is 47.6. The molecule has 131 heavy (non-hydrogen) atoms. The Kier molecular flexibility index (Phi) is 35.8. The van der Waals surface area contributed by atoms with Crippen LogP contribution in [-0.2, 0) is 104 Å². The number of H-pyrrole nitrogens is 2. The molecule has 8 fully saturated rings. The second kappa shape index (κ2) is 46.1. The number of fused-ring (bicyclic) bond motifs is 40. The molecule has 4 aromatic rings. The summed E-state index contributed by atoms with van der Waals surface area (Å²) in [5, 5.41) is 51.4. The predicted octanol–water partition coefficient (Wildman–Crippen LogP) is -3.25. The van der Waals surface area contributed by atoms with E-state index in [1.165, 1.54) is 46.6 Å². The zero-order chi connectivity index (χ0) is 95.5. The van der Waals surface area contributed by atoms with Gasteiger partial charge in [0.1, 0.15) is 60.4 Å². The minimum absolute atomic E-state index is 0.0146. The van der Waals surface area contributed by atoms with Gasteiger partial charge in [0.25, 0.3) is 0 Å². The van der Waals surface area contributed by atoms with Gasteiger partial charge in [0, 0.05) is 184 Å². The van der Waals surface area contributed by atoms with Gasteiger partial charge >= 0.3 is 5.97 Å². The maximum atomic E-state index is 15.4. The molecule has 17 amide bonds. The zero-order valence-corrected chi connectivity index (χ0v) is 77.2. The summed E-state index contributed by atoms with van der Waals surface area (Å²) >= 11 is 3.34. The molecule has 2 spiro atoms. The number of aromatic amines is 2. The molecule has 1 unspecified atom stereocenters. The molecule has 0 radical (unpaired) electrons. The lowest BCUT2D eigenvalue weighted by atomic mass is 9.71. The van der Waals surface area contributed by atoms with Gasteiger partial charge in [0.05, 0.1) is 37.6 Å². The van der Waals surface area contributed by atoms with E-state index in [1.807, 2.05) is 0 Å². The number of para-hydroxylation sites is 2. The normalized spacial score (nSPS) is 27.2. The van der Waals surface area contributed by atoms with Gasteiger partial charge in [-0.15, -0.1) is 0 Å². The molecule has 8 aliphatic heterocycles. The quantitative estimate of drug-likeness (QED) is 0.0410. The highest BCUT2D eigenvalue weighted by Gasteiger charge is 2.69. The molecular formula is C87H122N20O21S3. The summed E-state index contributed by atoms with van der Waals surface area (Å²) in [7, 11) is 1.38. The van der Waals surface area contributed by atoms with E-state index in [4.69, 9.17) is 11.5 Å². The van der Waals surface area contributed by atoms with Crippen molar-refractivity contribution >= 4 is 169 Å². The Labute approximate surface area is 770 Å². The molecule has 10 heterocycles. The number of aromatic nitrogens is 2. The molecule has 15 atom stereocenters. The van der Waals surface area contributed by atoms with E-state index < -0.39 is 222 Å². The zero-order valence-electron chi connectivity index (χ0n) is 74.8. The molecule has 8 saturated heterocycles. The van der Waals surface area contributed by atoms with Crippen LogP contribution < -0.4 is 70.0 Å². The van der Waals surface area contributed by atoms with E-state index in [0.717, 1.165) is 40.2 Å². The minimum Gasteiger partial charge on any atom is -0.481 e. The van der Waals surface area contributed by atoms with Crippen LogP contribution in [0.4, 0.5) is 0 Å². The molecule has 8 aliphatic rings. The Bertz CT molecular complexity index is 4930. The van der Waals surface area contributed by atoms with E-state index in [0.29, 0.717) is 39.4 Å². The van der Waals surface area contributed by atoms with Crippen molar-refractivity contribution < 1.29 is 101 Å². The third-order valence-corrected chi connectivity index (χ3v) is 28.1.